The van der Waals surface area contributed by atoms with Crippen LogP contribution in [0.1, 0.15) is 19.4 Å². The van der Waals surface area contributed by atoms with Gasteiger partial charge in [-0.1, -0.05) is 44.2 Å². The predicted octanol–water partition coefficient (Wildman–Crippen LogP) is 3.31. The predicted molar refractivity (Wildman–Crippen MR) is 86.1 cm³/mol. The molecule has 0 amide bonds. The molecule has 6 nitrogen and oxygen atoms in total. The molecule has 0 fully saturated rings. The number of nitro groups is 1. The Morgan fingerprint density at radius 2 is 1.82 bits per heavy atom. The van der Waals surface area contributed by atoms with E-state index in [1.54, 1.807) is 10.6 Å². The van der Waals surface area contributed by atoms with Gasteiger partial charge in [-0.3, -0.25) is 14.7 Å². The number of imidazole rings is 1. The molecule has 0 saturated heterocycles. The Morgan fingerprint density at radius 3 is 2.45 bits per heavy atom. The van der Waals surface area contributed by atoms with Crippen LogP contribution in [0.15, 0.2) is 53.3 Å². The number of fused-ring (bicyclic) bond motifs is 1. The van der Waals surface area contributed by atoms with E-state index in [4.69, 9.17) is 0 Å². The number of aromatic nitrogens is 2. The van der Waals surface area contributed by atoms with Crippen molar-refractivity contribution in [3.8, 4) is 0 Å². The maximum Gasteiger partial charge on any atom is 0.326 e. The maximum atomic E-state index is 12.0. The van der Waals surface area contributed by atoms with Crippen LogP contribution in [0.4, 0.5) is 5.69 Å². The van der Waals surface area contributed by atoms with Crippen LogP contribution >= 0.6 is 0 Å². The first-order chi connectivity index (χ1) is 10.6. The zero-order chi connectivity index (χ0) is 16.1. The molecule has 0 saturated carbocycles. The van der Waals surface area contributed by atoms with Crippen LogP contribution < -0.4 is 5.69 Å². The maximum absolute atomic E-state index is 12.0. The summed E-state index contributed by atoms with van der Waals surface area (Å²) in [5, 5.41) is 10.7. The quantitative estimate of drug-likeness (QED) is 0.595. The van der Waals surface area contributed by atoms with E-state index >= 15 is 0 Å². The highest BCUT2D eigenvalue weighted by Crippen LogP contribution is 2.18. The number of nitrogens with zero attached hydrogens (tertiary/aromatic N) is 2. The van der Waals surface area contributed by atoms with Gasteiger partial charge in [0.15, 0.2) is 0 Å². The standard InChI is InChI=1S/C14H11N3O3.C2H6/c18-14-15-12-8-11(17(19)20)6-7-13(12)16(14)9-10-4-2-1-3-5-10;1-2/h1-8H,9H2,(H,15,18);1-2H3. The van der Waals surface area contributed by atoms with Crippen LogP contribution in [0.3, 0.4) is 0 Å². The van der Waals surface area contributed by atoms with Gasteiger partial charge in [0.25, 0.3) is 5.69 Å². The summed E-state index contributed by atoms with van der Waals surface area (Å²) >= 11 is 0. The molecule has 0 aliphatic rings. The smallest absolute Gasteiger partial charge is 0.305 e. The molecule has 22 heavy (non-hydrogen) atoms. The summed E-state index contributed by atoms with van der Waals surface area (Å²) in [6, 6.07) is 13.9. The van der Waals surface area contributed by atoms with Gasteiger partial charge in [0.05, 0.1) is 22.5 Å². The van der Waals surface area contributed by atoms with Gasteiger partial charge < -0.3 is 4.98 Å². The highest BCUT2D eigenvalue weighted by atomic mass is 16.6. The van der Waals surface area contributed by atoms with Gasteiger partial charge in [0, 0.05) is 12.1 Å². The number of rotatable bonds is 3. The number of nitrogens with one attached hydrogen (secondary N) is 1. The average molecular weight is 299 g/mol. The molecule has 1 heterocycles. The van der Waals surface area contributed by atoms with Gasteiger partial charge in [-0.2, -0.15) is 0 Å². The first kappa shape index (κ1) is 15.5. The second kappa shape index (κ2) is 6.71. The zero-order valence-electron chi connectivity index (χ0n) is 12.4. The molecule has 0 aliphatic heterocycles. The summed E-state index contributed by atoms with van der Waals surface area (Å²) in [5.74, 6) is 0. The summed E-state index contributed by atoms with van der Waals surface area (Å²) in [6.07, 6.45) is 0. The Labute approximate surface area is 127 Å². The summed E-state index contributed by atoms with van der Waals surface area (Å²) in [4.78, 5) is 24.9. The number of non-ortho nitro benzene ring substituents is 1. The van der Waals surface area contributed by atoms with Crippen LogP contribution in [-0.4, -0.2) is 14.5 Å². The lowest BCUT2D eigenvalue weighted by molar-refractivity contribution is -0.384. The monoisotopic (exact) mass is 299 g/mol. The third kappa shape index (κ3) is 3.06. The Balaban J connectivity index is 0.000000847. The topological polar surface area (TPSA) is 80.9 Å². The minimum Gasteiger partial charge on any atom is -0.305 e. The van der Waals surface area contributed by atoms with Gasteiger partial charge in [-0.25, -0.2) is 4.79 Å². The average Bonchev–Trinajstić information content (AvgIpc) is 2.85. The highest BCUT2D eigenvalue weighted by molar-refractivity contribution is 5.78. The van der Waals surface area contributed by atoms with Crippen molar-refractivity contribution >= 4 is 16.7 Å². The summed E-state index contributed by atoms with van der Waals surface area (Å²) in [5.41, 5.74) is 1.81. The van der Waals surface area contributed by atoms with Crippen molar-refractivity contribution in [2.45, 2.75) is 20.4 Å². The normalized spacial score (nSPS) is 10.1. The number of nitro benzene ring substituents is 1. The number of hydrogen-bond donors (Lipinski definition) is 1. The van der Waals surface area contributed by atoms with Crippen molar-refractivity contribution in [1.82, 2.24) is 9.55 Å². The zero-order valence-corrected chi connectivity index (χ0v) is 12.4. The first-order valence-electron chi connectivity index (χ1n) is 7.06. The van der Waals surface area contributed by atoms with E-state index in [1.807, 2.05) is 44.2 Å². The van der Waals surface area contributed by atoms with Gasteiger partial charge in [-0.15, -0.1) is 0 Å². The number of aromatic amines is 1. The van der Waals surface area contributed by atoms with E-state index in [1.165, 1.54) is 12.1 Å². The first-order valence-corrected chi connectivity index (χ1v) is 7.06. The molecule has 0 spiro atoms. The lowest BCUT2D eigenvalue weighted by atomic mass is 10.2. The van der Waals surface area contributed by atoms with Crippen molar-refractivity contribution in [2.24, 2.45) is 0 Å². The molecular weight excluding hydrogens is 282 g/mol. The molecular formula is C16H17N3O3. The Morgan fingerprint density at radius 1 is 1.14 bits per heavy atom. The fourth-order valence-electron chi connectivity index (χ4n) is 2.19. The minimum absolute atomic E-state index is 0.0365. The van der Waals surface area contributed by atoms with E-state index in [9.17, 15) is 14.9 Å². The number of hydrogen-bond acceptors (Lipinski definition) is 3. The van der Waals surface area contributed by atoms with E-state index < -0.39 is 4.92 Å². The molecule has 1 N–H and O–H groups in total. The van der Waals surface area contributed by atoms with Crippen LogP contribution in [0.2, 0.25) is 0 Å². The van der Waals surface area contributed by atoms with Crippen molar-refractivity contribution in [3.05, 3.63) is 74.7 Å². The molecule has 2 aromatic carbocycles. The van der Waals surface area contributed by atoms with Crippen molar-refractivity contribution in [2.75, 3.05) is 0 Å². The fraction of sp³-hybridized carbons (Fsp3) is 0.188. The van der Waals surface area contributed by atoms with E-state index in [0.29, 0.717) is 17.6 Å². The van der Waals surface area contributed by atoms with Gasteiger partial charge in [-0.05, 0) is 11.6 Å². The molecule has 0 atom stereocenters. The molecule has 0 bridgehead atoms. The van der Waals surface area contributed by atoms with E-state index in [2.05, 4.69) is 4.98 Å². The lowest BCUT2D eigenvalue weighted by Crippen LogP contribution is -2.17. The molecule has 0 unspecified atom stereocenters. The largest absolute Gasteiger partial charge is 0.326 e. The molecule has 3 aromatic rings. The molecule has 114 valence electrons. The third-order valence-corrected chi connectivity index (χ3v) is 3.15. The molecule has 1 aromatic heterocycles. The highest BCUT2D eigenvalue weighted by Gasteiger charge is 2.12. The Bertz CT molecular complexity index is 835. The third-order valence-electron chi connectivity index (χ3n) is 3.15. The van der Waals surface area contributed by atoms with Crippen LogP contribution in [0.25, 0.3) is 11.0 Å². The second-order valence-electron chi connectivity index (χ2n) is 4.46. The Kier molecular flexibility index (Phi) is 4.73. The van der Waals surface area contributed by atoms with Gasteiger partial charge in [0.1, 0.15) is 0 Å². The van der Waals surface area contributed by atoms with Crippen molar-refractivity contribution in [1.29, 1.82) is 0 Å². The summed E-state index contributed by atoms with van der Waals surface area (Å²) in [6.45, 7) is 4.43. The summed E-state index contributed by atoms with van der Waals surface area (Å²) < 4.78 is 1.56. The fourth-order valence-corrected chi connectivity index (χ4v) is 2.19. The SMILES string of the molecule is CC.O=c1[nH]c2cc([N+](=O)[O-])ccc2n1Cc1ccccc1. The lowest BCUT2D eigenvalue weighted by Gasteiger charge is -2.03. The molecule has 0 aliphatic carbocycles. The Hall–Kier alpha value is -2.89. The number of H-pyrrole nitrogens is 1. The van der Waals surface area contributed by atoms with Crippen LogP contribution in [0, 0.1) is 10.1 Å². The van der Waals surface area contributed by atoms with Gasteiger partial charge in [0.2, 0.25) is 0 Å². The molecule has 6 heteroatoms. The summed E-state index contributed by atoms with van der Waals surface area (Å²) in [7, 11) is 0. The van der Waals surface area contributed by atoms with Crippen LogP contribution in [-0.2, 0) is 6.54 Å². The number of benzene rings is 2. The minimum atomic E-state index is -0.480. The van der Waals surface area contributed by atoms with Crippen molar-refractivity contribution in [3.63, 3.8) is 0 Å². The van der Waals surface area contributed by atoms with Crippen molar-refractivity contribution < 1.29 is 4.92 Å². The molecule has 3 rings (SSSR count). The van der Waals surface area contributed by atoms with E-state index in [0.717, 1.165) is 5.56 Å². The van der Waals surface area contributed by atoms with Gasteiger partial charge >= 0.3 is 5.69 Å². The second-order valence-corrected chi connectivity index (χ2v) is 4.46. The van der Waals surface area contributed by atoms with E-state index in [-0.39, 0.29) is 11.4 Å². The van der Waals surface area contributed by atoms with Crippen LogP contribution in [0.5, 0.6) is 0 Å². The molecule has 0 radical (unpaired) electrons.